The van der Waals surface area contributed by atoms with Gasteiger partial charge >= 0.3 is 5.97 Å². The Bertz CT molecular complexity index is 1160. The second-order valence-electron chi connectivity index (χ2n) is 16.8. The van der Waals surface area contributed by atoms with Crippen LogP contribution in [0.5, 0.6) is 0 Å². The molecule has 0 aliphatic carbocycles. The lowest BCUT2D eigenvalue weighted by atomic mass is 9.99. The normalized spacial score (nSPS) is 20.7. The Morgan fingerprint density at radius 3 is 1.79 bits per heavy atom. The Hall–Kier alpha value is -2.38. The summed E-state index contributed by atoms with van der Waals surface area (Å²) in [5, 5.41) is 53.9. The van der Waals surface area contributed by atoms with Crippen molar-refractivity contribution < 1.29 is 49.3 Å². The summed E-state index contributed by atoms with van der Waals surface area (Å²) in [5.74, 6) is -0.319. The molecule has 11 nitrogen and oxygen atoms in total. The minimum atomic E-state index is -1.59. The van der Waals surface area contributed by atoms with Crippen molar-refractivity contribution >= 4 is 11.9 Å². The number of esters is 1. The van der Waals surface area contributed by atoms with Gasteiger partial charge < -0.3 is 45.1 Å². The van der Waals surface area contributed by atoms with Crippen molar-refractivity contribution in [3.63, 3.8) is 0 Å². The van der Waals surface area contributed by atoms with Crippen LogP contribution in [0.3, 0.4) is 0 Å². The van der Waals surface area contributed by atoms with E-state index in [0.717, 1.165) is 70.6 Å². The first-order valence-electron chi connectivity index (χ1n) is 24.4. The minimum Gasteiger partial charge on any atom is -0.466 e. The van der Waals surface area contributed by atoms with Crippen LogP contribution in [-0.2, 0) is 23.8 Å². The Morgan fingerprint density at radius 2 is 1.13 bits per heavy atom. The van der Waals surface area contributed by atoms with Crippen LogP contribution in [0.1, 0.15) is 194 Å². The molecule has 354 valence electrons. The van der Waals surface area contributed by atoms with Crippen LogP contribution in [0.4, 0.5) is 0 Å². The first-order chi connectivity index (χ1) is 29.7. The molecular weight excluding hydrogens is 775 g/mol. The van der Waals surface area contributed by atoms with E-state index in [1.807, 2.05) is 18.2 Å². The van der Waals surface area contributed by atoms with Gasteiger partial charge in [0.15, 0.2) is 6.29 Å². The fourth-order valence-corrected chi connectivity index (χ4v) is 7.20. The molecule has 7 unspecified atom stereocenters. The second-order valence-corrected chi connectivity index (χ2v) is 16.8. The molecule has 1 heterocycles. The van der Waals surface area contributed by atoms with E-state index in [2.05, 4.69) is 43.5 Å². The van der Waals surface area contributed by atoms with Gasteiger partial charge in [-0.25, -0.2) is 0 Å². The smallest absolute Gasteiger partial charge is 0.305 e. The standard InChI is InChI=1S/C50H89NO10/c1-3-5-7-9-11-13-17-22-26-30-34-38-46(55)59-39-35-31-27-23-19-16-14-15-18-21-25-29-33-37-45(54)51-42(43(53)36-32-28-24-20-12-10-8-6-4-2)41-60-50-49(58)48(57)47(56)44(40-52)61-50/h12,15,18,20,25,29,32,36,42-44,47-50,52-53,56-58H,3-11,13-14,16-17,19,21-24,26-28,30-31,33-35,37-41H2,1-2H3,(H,51,54)/b18-15-,20-12+,29-25-,36-32+. The van der Waals surface area contributed by atoms with Gasteiger partial charge in [0.1, 0.15) is 24.4 Å². The molecule has 6 N–H and O–H groups in total. The van der Waals surface area contributed by atoms with Crippen molar-refractivity contribution in [1.29, 1.82) is 0 Å². The van der Waals surface area contributed by atoms with Crippen LogP contribution in [0.25, 0.3) is 0 Å². The summed E-state index contributed by atoms with van der Waals surface area (Å²) in [6.45, 7) is 4.15. The lowest BCUT2D eigenvalue weighted by molar-refractivity contribution is -0.302. The van der Waals surface area contributed by atoms with Crippen LogP contribution >= 0.6 is 0 Å². The van der Waals surface area contributed by atoms with Gasteiger partial charge in [0.05, 0.1) is 32.0 Å². The summed E-state index contributed by atoms with van der Waals surface area (Å²) >= 11 is 0. The fourth-order valence-electron chi connectivity index (χ4n) is 7.20. The predicted octanol–water partition coefficient (Wildman–Crippen LogP) is 9.38. The number of nitrogens with one attached hydrogen (secondary N) is 1. The topological polar surface area (TPSA) is 175 Å². The molecule has 1 saturated heterocycles. The van der Waals surface area contributed by atoms with Crippen LogP contribution in [0.15, 0.2) is 48.6 Å². The van der Waals surface area contributed by atoms with E-state index in [9.17, 15) is 35.1 Å². The molecule has 11 heteroatoms. The van der Waals surface area contributed by atoms with Crippen LogP contribution in [-0.4, -0.2) is 100 Å². The molecule has 7 atom stereocenters. The second kappa shape index (κ2) is 40.4. The number of hydrogen-bond acceptors (Lipinski definition) is 10. The zero-order valence-corrected chi connectivity index (χ0v) is 38.4. The monoisotopic (exact) mass is 864 g/mol. The summed E-state index contributed by atoms with van der Waals surface area (Å²) in [6.07, 6.45) is 37.9. The number of aliphatic hydroxyl groups is 5. The third kappa shape index (κ3) is 31.2. The number of allylic oxidation sites excluding steroid dienone is 7. The Balaban J connectivity index is 2.23. The molecule has 0 saturated carbocycles. The zero-order chi connectivity index (χ0) is 44.6. The number of ether oxygens (including phenoxy) is 3. The molecule has 1 fully saturated rings. The molecule has 0 radical (unpaired) electrons. The maximum Gasteiger partial charge on any atom is 0.305 e. The first-order valence-corrected chi connectivity index (χ1v) is 24.4. The largest absolute Gasteiger partial charge is 0.466 e. The molecule has 0 bridgehead atoms. The number of hydrogen-bond donors (Lipinski definition) is 6. The van der Waals surface area contributed by atoms with Gasteiger partial charge in [-0.2, -0.15) is 0 Å². The van der Waals surface area contributed by atoms with E-state index in [4.69, 9.17) is 14.2 Å². The minimum absolute atomic E-state index is 0.0422. The average molecular weight is 864 g/mol. The number of carbonyl (C=O) groups is 2. The third-order valence-corrected chi connectivity index (χ3v) is 11.2. The van der Waals surface area contributed by atoms with Gasteiger partial charge in [-0.05, 0) is 64.2 Å². The van der Waals surface area contributed by atoms with Crippen molar-refractivity contribution in [1.82, 2.24) is 5.32 Å². The summed E-state index contributed by atoms with van der Waals surface area (Å²) in [4.78, 5) is 24.9. The van der Waals surface area contributed by atoms with Crippen molar-refractivity contribution in [2.75, 3.05) is 19.8 Å². The lowest BCUT2D eigenvalue weighted by Crippen LogP contribution is -2.60. The number of unbranched alkanes of at least 4 members (excludes halogenated alkanes) is 20. The average Bonchev–Trinajstić information content (AvgIpc) is 3.25. The molecular formula is C50H89NO10. The van der Waals surface area contributed by atoms with Crippen LogP contribution < -0.4 is 5.32 Å². The SMILES string of the molecule is CCCCC/C=C/CC/C=C/C(O)C(COC1OC(CO)C(O)C(O)C1O)NC(=O)CC/C=C\C/C=C\CCCCCCCCOC(=O)CCCCCCCCCCCCC. The van der Waals surface area contributed by atoms with E-state index < -0.39 is 49.5 Å². The molecule has 0 aromatic carbocycles. The fraction of sp³-hybridized carbons (Fsp3) is 0.800. The van der Waals surface area contributed by atoms with Gasteiger partial charge in [0.25, 0.3) is 0 Å². The summed E-state index contributed by atoms with van der Waals surface area (Å²) < 4.78 is 16.5. The maximum atomic E-state index is 12.9. The van der Waals surface area contributed by atoms with Crippen molar-refractivity contribution in [2.45, 2.75) is 236 Å². The van der Waals surface area contributed by atoms with Crippen LogP contribution in [0.2, 0.25) is 0 Å². The van der Waals surface area contributed by atoms with Crippen molar-refractivity contribution in [3.8, 4) is 0 Å². The van der Waals surface area contributed by atoms with Gasteiger partial charge in [0, 0.05) is 12.8 Å². The van der Waals surface area contributed by atoms with E-state index in [1.165, 1.54) is 89.9 Å². The number of rotatable bonds is 40. The lowest BCUT2D eigenvalue weighted by Gasteiger charge is -2.40. The third-order valence-electron chi connectivity index (χ3n) is 11.2. The van der Waals surface area contributed by atoms with Gasteiger partial charge in [-0.15, -0.1) is 0 Å². The molecule has 1 amide bonds. The zero-order valence-electron chi connectivity index (χ0n) is 38.4. The quantitative estimate of drug-likeness (QED) is 0.0198. The highest BCUT2D eigenvalue weighted by Crippen LogP contribution is 2.22. The number of amides is 1. The van der Waals surface area contributed by atoms with E-state index in [-0.39, 0.29) is 24.9 Å². The number of carbonyl (C=O) groups excluding carboxylic acids is 2. The van der Waals surface area contributed by atoms with Crippen molar-refractivity contribution in [3.05, 3.63) is 48.6 Å². The molecule has 0 aromatic rings. The van der Waals surface area contributed by atoms with Crippen molar-refractivity contribution in [2.24, 2.45) is 0 Å². The van der Waals surface area contributed by atoms with E-state index in [1.54, 1.807) is 6.08 Å². The van der Waals surface area contributed by atoms with Gasteiger partial charge in [-0.3, -0.25) is 9.59 Å². The summed E-state index contributed by atoms with van der Waals surface area (Å²) in [7, 11) is 0. The Morgan fingerprint density at radius 1 is 0.607 bits per heavy atom. The van der Waals surface area contributed by atoms with Crippen LogP contribution in [0, 0.1) is 0 Å². The summed E-state index contributed by atoms with van der Waals surface area (Å²) in [6, 6.07) is -0.869. The molecule has 1 aliphatic rings. The highest BCUT2D eigenvalue weighted by atomic mass is 16.7. The molecule has 61 heavy (non-hydrogen) atoms. The Labute approximate surface area is 370 Å². The highest BCUT2D eigenvalue weighted by Gasteiger charge is 2.44. The molecule has 1 rings (SSSR count). The first kappa shape index (κ1) is 56.6. The van der Waals surface area contributed by atoms with Gasteiger partial charge in [-0.1, -0.05) is 165 Å². The molecule has 1 aliphatic heterocycles. The maximum absolute atomic E-state index is 12.9. The molecule has 0 spiro atoms. The molecule has 0 aromatic heterocycles. The number of aliphatic hydroxyl groups excluding tert-OH is 5. The summed E-state index contributed by atoms with van der Waals surface area (Å²) in [5.41, 5.74) is 0. The van der Waals surface area contributed by atoms with E-state index >= 15 is 0 Å². The van der Waals surface area contributed by atoms with Gasteiger partial charge in [0.2, 0.25) is 5.91 Å². The van der Waals surface area contributed by atoms with E-state index in [0.29, 0.717) is 19.4 Å². The Kier molecular flexibility index (Phi) is 37.5. The predicted molar refractivity (Wildman–Crippen MR) is 246 cm³/mol. The highest BCUT2D eigenvalue weighted by molar-refractivity contribution is 5.76.